The lowest BCUT2D eigenvalue weighted by molar-refractivity contribution is -0.123. The number of amides is 1. The van der Waals surface area contributed by atoms with Gasteiger partial charge in [0.2, 0.25) is 5.91 Å². The number of hydrogen-bond acceptors (Lipinski definition) is 3. The molecular formula is C15H24N2OS. The molecule has 1 unspecified atom stereocenters. The van der Waals surface area contributed by atoms with Gasteiger partial charge in [-0.05, 0) is 46.2 Å². The van der Waals surface area contributed by atoms with Crippen molar-refractivity contribution >= 4 is 17.7 Å². The number of hydrogen-bond donors (Lipinski definition) is 2. The van der Waals surface area contributed by atoms with Gasteiger partial charge in [-0.15, -0.1) is 11.8 Å². The molecule has 106 valence electrons. The van der Waals surface area contributed by atoms with E-state index in [4.69, 9.17) is 5.73 Å². The van der Waals surface area contributed by atoms with Crippen molar-refractivity contribution in [1.82, 2.24) is 5.32 Å². The molecule has 19 heavy (non-hydrogen) atoms. The first-order valence-electron chi connectivity index (χ1n) is 6.52. The SMILES string of the molecule is Cc1ccc(SCC(C)(NC(C)C)C(N)=O)c(C)c1. The minimum atomic E-state index is -0.684. The van der Waals surface area contributed by atoms with E-state index < -0.39 is 5.54 Å². The Balaban J connectivity index is 2.79. The lowest BCUT2D eigenvalue weighted by Gasteiger charge is -2.29. The highest BCUT2D eigenvalue weighted by atomic mass is 32.2. The number of rotatable bonds is 6. The fourth-order valence-corrected chi connectivity index (χ4v) is 3.13. The summed E-state index contributed by atoms with van der Waals surface area (Å²) >= 11 is 1.67. The van der Waals surface area contributed by atoms with E-state index in [1.54, 1.807) is 11.8 Å². The molecule has 1 atom stereocenters. The van der Waals surface area contributed by atoms with Gasteiger partial charge in [0.25, 0.3) is 0 Å². The number of thioether (sulfide) groups is 1. The van der Waals surface area contributed by atoms with Gasteiger partial charge in [-0.3, -0.25) is 4.79 Å². The summed E-state index contributed by atoms with van der Waals surface area (Å²) in [7, 11) is 0. The predicted molar refractivity (Wildman–Crippen MR) is 82.5 cm³/mol. The summed E-state index contributed by atoms with van der Waals surface area (Å²) in [5, 5.41) is 3.26. The van der Waals surface area contributed by atoms with Crippen LogP contribution in [0.5, 0.6) is 0 Å². The topological polar surface area (TPSA) is 55.1 Å². The van der Waals surface area contributed by atoms with Crippen LogP contribution < -0.4 is 11.1 Å². The highest BCUT2D eigenvalue weighted by Gasteiger charge is 2.31. The van der Waals surface area contributed by atoms with Crippen LogP contribution in [0, 0.1) is 13.8 Å². The normalized spacial score (nSPS) is 14.4. The number of carbonyl (C=O) groups excluding carboxylic acids is 1. The van der Waals surface area contributed by atoms with Crippen LogP contribution in [0.2, 0.25) is 0 Å². The Bertz CT molecular complexity index is 459. The molecule has 0 saturated heterocycles. The van der Waals surface area contributed by atoms with Gasteiger partial charge in [-0.2, -0.15) is 0 Å². The average molecular weight is 280 g/mol. The van der Waals surface area contributed by atoms with E-state index in [-0.39, 0.29) is 11.9 Å². The lowest BCUT2D eigenvalue weighted by atomic mass is 10.0. The number of benzene rings is 1. The quantitative estimate of drug-likeness (QED) is 0.788. The molecule has 1 aromatic rings. The van der Waals surface area contributed by atoms with Crippen molar-refractivity contribution in [1.29, 1.82) is 0 Å². The van der Waals surface area contributed by atoms with E-state index in [1.807, 2.05) is 20.8 Å². The molecule has 3 nitrogen and oxygen atoms in total. The van der Waals surface area contributed by atoms with Gasteiger partial charge in [0.05, 0.1) is 0 Å². The summed E-state index contributed by atoms with van der Waals surface area (Å²) in [6.45, 7) is 10.1. The molecule has 1 amide bonds. The van der Waals surface area contributed by atoms with Crippen LogP contribution >= 0.6 is 11.8 Å². The minimum Gasteiger partial charge on any atom is -0.368 e. The molecule has 0 aromatic heterocycles. The number of carbonyl (C=O) groups is 1. The van der Waals surface area contributed by atoms with Crippen molar-refractivity contribution in [3.05, 3.63) is 29.3 Å². The molecule has 1 aromatic carbocycles. The summed E-state index contributed by atoms with van der Waals surface area (Å²) in [5.74, 6) is 0.322. The first-order chi connectivity index (χ1) is 8.74. The van der Waals surface area contributed by atoms with E-state index in [2.05, 4.69) is 37.4 Å². The molecule has 0 aliphatic heterocycles. The largest absolute Gasteiger partial charge is 0.368 e. The first-order valence-corrected chi connectivity index (χ1v) is 7.51. The Morgan fingerprint density at radius 1 is 1.42 bits per heavy atom. The molecule has 0 fully saturated rings. The van der Waals surface area contributed by atoms with Crippen LogP contribution in [-0.4, -0.2) is 23.2 Å². The average Bonchev–Trinajstić information content (AvgIpc) is 2.26. The fraction of sp³-hybridized carbons (Fsp3) is 0.533. The molecule has 0 bridgehead atoms. The van der Waals surface area contributed by atoms with Gasteiger partial charge in [0.15, 0.2) is 0 Å². The Labute approximate surface area is 120 Å². The molecule has 0 spiro atoms. The van der Waals surface area contributed by atoms with E-state index in [1.165, 1.54) is 16.0 Å². The summed E-state index contributed by atoms with van der Waals surface area (Å²) in [6, 6.07) is 6.57. The van der Waals surface area contributed by atoms with Gasteiger partial charge in [-0.1, -0.05) is 17.7 Å². The molecule has 4 heteroatoms. The van der Waals surface area contributed by atoms with E-state index >= 15 is 0 Å². The van der Waals surface area contributed by atoms with Gasteiger partial charge >= 0.3 is 0 Å². The monoisotopic (exact) mass is 280 g/mol. The maximum atomic E-state index is 11.7. The molecular weight excluding hydrogens is 256 g/mol. The first kappa shape index (κ1) is 16.1. The zero-order valence-corrected chi connectivity index (χ0v) is 13.2. The van der Waals surface area contributed by atoms with Gasteiger partial charge < -0.3 is 11.1 Å². The van der Waals surface area contributed by atoms with Crippen molar-refractivity contribution in [2.75, 3.05) is 5.75 Å². The maximum absolute atomic E-state index is 11.7. The van der Waals surface area contributed by atoms with Crippen LogP contribution in [0.15, 0.2) is 23.1 Å². The molecule has 0 heterocycles. The Morgan fingerprint density at radius 2 is 2.05 bits per heavy atom. The number of primary amides is 1. The van der Waals surface area contributed by atoms with Gasteiger partial charge in [0.1, 0.15) is 5.54 Å². The van der Waals surface area contributed by atoms with Crippen molar-refractivity contribution in [3.63, 3.8) is 0 Å². The van der Waals surface area contributed by atoms with Crippen molar-refractivity contribution < 1.29 is 4.79 Å². The third-order valence-electron chi connectivity index (χ3n) is 3.00. The highest BCUT2D eigenvalue weighted by Crippen LogP contribution is 2.26. The van der Waals surface area contributed by atoms with Crippen LogP contribution in [0.4, 0.5) is 0 Å². The smallest absolute Gasteiger partial charge is 0.238 e. The highest BCUT2D eigenvalue weighted by molar-refractivity contribution is 7.99. The van der Waals surface area contributed by atoms with E-state index in [9.17, 15) is 4.79 Å². The predicted octanol–water partition coefficient (Wildman–Crippen LogP) is 2.64. The fourth-order valence-electron chi connectivity index (χ4n) is 2.00. The zero-order chi connectivity index (χ0) is 14.6. The molecule has 0 saturated carbocycles. The molecule has 0 aliphatic rings. The molecule has 0 aliphatic carbocycles. The Morgan fingerprint density at radius 3 is 2.53 bits per heavy atom. The van der Waals surface area contributed by atoms with E-state index in [0.29, 0.717) is 5.75 Å². The maximum Gasteiger partial charge on any atom is 0.238 e. The van der Waals surface area contributed by atoms with Crippen LogP contribution in [0.25, 0.3) is 0 Å². The second-order valence-corrected chi connectivity index (χ2v) is 6.57. The molecule has 3 N–H and O–H groups in total. The lowest BCUT2D eigenvalue weighted by Crippen LogP contribution is -2.57. The van der Waals surface area contributed by atoms with Crippen molar-refractivity contribution in [2.45, 2.75) is 51.1 Å². The Kier molecular flexibility index (Phi) is 5.44. The summed E-state index contributed by atoms with van der Waals surface area (Å²) < 4.78 is 0. The second-order valence-electron chi connectivity index (χ2n) is 5.55. The van der Waals surface area contributed by atoms with Crippen LogP contribution in [0.1, 0.15) is 31.9 Å². The third kappa shape index (κ3) is 4.55. The van der Waals surface area contributed by atoms with Crippen molar-refractivity contribution in [2.24, 2.45) is 5.73 Å². The summed E-state index contributed by atoms with van der Waals surface area (Å²) in [6.07, 6.45) is 0. The van der Waals surface area contributed by atoms with Crippen LogP contribution in [-0.2, 0) is 4.79 Å². The standard InChI is InChI=1S/C15H24N2OS/c1-10(2)17-15(5,14(16)18)9-19-13-7-6-11(3)8-12(13)4/h6-8,10,17H,9H2,1-5H3,(H2,16,18). The summed E-state index contributed by atoms with van der Waals surface area (Å²) in [5.41, 5.74) is 7.33. The Hall–Kier alpha value is -1.00. The van der Waals surface area contributed by atoms with Gasteiger partial charge in [0, 0.05) is 16.7 Å². The minimum absolute atomic E-state index is 0.220. The number of aryl methyl sites for hydroxylation is 2. The van der Waals surface area contributed by atoms with E-state index in [0.717, 1.165) is 0 Å². The van der Waals surface area contributed by atoms with Crippen LogP contribution in [0.3, 0.4) is 0 Å². The van der Waals surface area contributed by atoms with Crippen molar-refractivity contribution in [3.8, 4) is 0 Å². The molecule has 0 radical (unpaired) electrons. The summed E-state index contributed by atoms with van der Waals surface area (Å²) in [4.78, 5) is 12.9. The molecule has 1 rings (SSSR count). The number of nitrogens with one attached hydrogen (secondary N) is 1. The second kappa shape index (κ2) is 6.44. The zero-order valence-electron chi connectivity index (χ0n) is 12.4. The number of nitrogens with two attached hydrogens (primary N) is 1. The third-order valence-corrected chi connectivity index (χ3v) is 4.49. The van der Waals surface area contributed by atoms with Gasteiger partial charge in [-0.25, -0.2) is 0 Å².